The van der Waals surface area contributed by atoms with Gasteiger partial charge in [-0.3, -0.25) is 0 Å². The second-order valence-electron chi connectivity index (χ2n) is 6.93. The Bertz CT molecular complexity index is 328. The highest BCUT2D eigenvalue weighted by atomic mass is 16.6. The third-order valence-corrected chi connectivity index (χ3v) is 5.46. The molecule has 0 aromatic rings. The molecule has 0 spiro atoms. The van der Waals surface area contributed by atoms with Crippen LogP contribution in [0.2, 0.25) is 0 Å². The molecule has 0 heterocycles. The molecule has 0 N–H and O–H groups in total. The Labute approximate surface area is 112 Å². The molecular formula is C16H28O2. The zero-order valence-corrected chi connectivity index (χ0v) is 12.6. The zero-order chi connectivity index (χ0) is 14.0. The molecule has 0 bridgehead atoms. The van der Waals surface area contributed by atoms with Crippen LogP contribution >= 0.6 is 0 Å². The van der Waals surface area contributed by atoms with Crippen molar-refractivity contribution < 1.29 is 9.53 Å². The summed E-state index contributed by atoms with van der Waals surface area (Å²) in [6, 6.07) is 0. The van der Waals surface area contributed by atoms with Crippen LogP contribution in [0.15, 0.2) is 12.7 Å². The van der Waals surface area contributed by atoms with Gasteiger partial charge in [-0.25, -0.2) is 4.79 Å². The molecule has 1 unspecified atom stereocenters. The van der Waals surface area contributed by atoms with E-state index in [1.165, 1.54) is 25.3 Å². The van der Waals surface area contributed by atoms with Crippen LogP contribution in [0, 0.1) is 10.8 Å². The number of carbonyl (C=O) groups excluding carboxylic acids is 1. The van der Waals surface area contributed by atoms with Crippen LogP contribution in [0.1, 0.15) is 66.7 Å². The maximum atomic E-state index is 11.6. The molecule has 2 heteroatoms. The van der Waals surface area contributed by atoms with E-state index >= 15 is 0 Å². The molecule has 1 rings (SSSR count). The molecule has 0 radical (unpaired) electrons. The first-order valence-corrected chi connectivity index (χ1v) is 7.02. The van der Waals surface area contributed by atoms with E-state index in [0.717, 1.165) is 12.8 Å². The van der Waals surface area contributed by atoms with E-state index in [1.54, 1.807) is 0 Å². The van der Waals surface area contributed by atoms with E-state index < -0.39 is 5.60 Å². The Hall–Kier alpha value is -0.790. The van der Waals surface area contributed by atoms with Crippen LogP contribution in [-0.4, -0.2) is 11.6 Å². The fraction of sp³-hybridized carbons (Fsp3) is 0.812. The molecule has 2 nitrogen and oxygen atoms in total. The molecule has 0 saturated heterocycles. The molecule has 1 saturated carbocycles. The summed E-state index contributed by atoms with van der Waals surface area (Å²) in [6.45, 7) is 14.6. The molecule has 1 fully saturated rings. The topological polar surface area (TPSA) is 26.3 Å². The highest BCUT2D eigenvalue weighted by Gasteiger charge is 2.52. The summed E-state index contributed by atoms with van der Waals surface area (Å²) in [6.07, 6.45) is 7.00. The number of rotatable bonds is 2. The van der Waals surface area contributed by atoms with E-state index in [1.807, 2.05) is 0 Å². The van der Waals surface area contributed by atoms with Gasteiger partial charge in [0.2, 0.25) is 0 Å². The highest BCUT2D eigenvalue weighted by Crippen LogP contribution is 2.54. The molecular weight excluding hydrogens is 224 g/mol. The SMILES string of the molecule is C=CC(=O)OC1(C)CCCCCC(C)(C)C1(C)C. The normalized spacial score (nSPS) is 30.9. The second kappa shape index (κ2) is 5.07. The van der Waals surface area contributed by atoms with Crippen molar-refractivity contribution in [2.75, 3.05) is 0 Å². The predicted octanol–water partition coefficient (Wildman–Crippen LogP) is 4.49. The molecule has 0 aromatic carbocycles. The smallest absolute Gasteiger partial charge is 0.330 e. The summed E-state index contributed by atoms with van der Waals surface area (Å²) in [5, 5.41) is 0. The summed E-state index contributed by atoms with van der Waals surface area (Å²) in [5.74, 6) is -0.304. The minimum absolute atomic E-state index is 0.0565. The van der Waals surface area contributed by atoms with Gasteiger partial charge in [0.25, 0.3) is 0 Å². The van der Waals surface area contributed by atoms with Crippen LogP contribution < -0.4 is 0 Å². The van der Waals surface area contributed by atoms with Gasteiger partial charge in [-0.15, -0.1) is 0 Å². The van der Waals surface area contributed by atoms with Crippen LogP contribution in [0.5, 0.6) is 0 Å². The van der Waals surface area contributed by atoms with Gasteiger partial charge in [0.1, 0.15) is 5.60 Å². The van der Waals surface area contributed by atoms with E-state index in [9.17, 15) is 4.79 Å². The second-order valence-corrected chi connectivity index (χ2v) is 6.93. The first-order chi connectivity index (χ1) is 8.16. The fourth-order valence-electron chi connectivity index (χ4n) is 2.99. The average Bonchev–Trinajstić information content (AvgIpc) is 2.26. The van der Waals surface area contributed by atoms with Crippen molar-refractivity contribution in [3.63, 3.8) is 0 Å². The third kappa shape index (κ3) is 2.62. The molecule has 1 atom stereocenters. The zero-order valence-electron chi connectivity index (χ0n) is 12.6. The lowest BCUT2D eigenvalue weighted by Crippen LogP contribution is -2.54. The predicted molar refractivity (Wildman–Crippen MR) is 75.3 cm³/mol. The Morgan fingerprint density at radius 3 is 2.17 bits per heavy atom. The maximum Gasteiger partial charge on any atom is 0.330 e. The van der Waals surface area contributed by atoms with Crippen molar-refractivity contribution in [3.05, 3.63) is 12.7 Å². The number of esters is 1. The fourth-order valence-corrected chi connectivity index (χ4v) is 2.99. The standard InChI is InChI=1S/C16H28O2/c1-7-13(17)18-16(6)12-10-8-9-11-14(2,3)15(16,4)5/h7H,1,8-12H2,2-6H3. The van der Waals surface area contributed by atoms with Crippen molar-refractivity contribution in [1.29, 1.82) is 0 Å². The maximum absolute atomic E-state index is 11.6. The van der Waals surface area contributed by atoms with Gasteiger partial charge in [0.05, 0.1) is 0 Å². The summed E-state index contributed by atoms with van der Waals surface area (Å²) in [5.41, 5.74) is -0.315. The number of carbonyl (C=O) groups is 1. The van der Waals surface area contributed by atoms with Gasteiger partial charge in [-0.1, -0.05) is 47.1 Å². The number of hydrogen-bond acceptors (Lipinski definition) is 2. The largest absolute Gasteiger partial charge is 0.456 e. The minimum atomic E-state index is -0.414. The van der Waals surface area contributed by atoms with Crippen molar-refractivity contribution >= 4 is 5.97 Å². The molecule has 1 aliphatic rings. The molecule has 0 aliphatic heterocycles. The summed E-state index contributed by atoms with van der Waals surface area (Å²) >= 11 is 0. The van der Waals surface area contributed by atoms with Crippen molar-refractivity contribution in [2.45, 2.75) is 72.3 Å². The summed E-state index contributed by atoms with van der Waals surface area (Å²) < 4.78 is 5.76. The van der Waals surface area contributed by atoms with Crippen LogP contribution in [0.3, 0.4) is 0 Å². The Kier molecular flexibility index (Phi) is 4.30. The van der Waals surface area contributed by atoms with Gasteiger partial charge in [0.15, 0.2) is 0 Å². The monoisotopic (exact) mass is 252 g/mol. The highest BCUT2D eigenvalue weighted by molar-refractivity contribution is 5.81. The van der Waals surface area contributed by atoms with Gasteiger partial charge in [-0.05, 0) is 31.6 Å². The third-order valence-electron chi connectivity index (χ3n) is 5.46. The lowest BCUT2D eigenvalue weighted by Gasteiger charge is -2.54. The molecule has 0 aromatic heterocycles. The van der Waals surface area contributed by atoms with Crippen LogP contribution in [-0.2, 0) is 9.53 Å². The van der Waals surface area contributed by atoms with Gasteiger partial charge >= 0.3 is 5.97 Å². The van der Waals surface area contributed by atoms with Crippen molar-refractivity contribution in [2.24, 2.45) is 10.8 Å². The van der Waals surface area contributed by atoms with Crippen molar-refractivity contribution in [1.82, 2.24) is 0 Å². The number of ether oxygens (including phenoxy) is 1. The average molecular weight is 252 g/mol. The van der Waals surface area contributed by atoms with Gasteiger partial charge < -0.3 is 4.74 Å². The molecule has 1 aliphatic carbocycles. The lowest BCUT2D eigenvalue weighted by molar-refractivity contribution is -0.183. The number of hydrogen-bond donors (Lipinski definition) is 0. The van der Waals surface area contributed by atoms with E-state index in [-0.39, 0.29) is 16.8 Å². The summed E-state index contributed by atoms with van der Waals surface area (Å²) in [4.78, 5) is 11.6. The Morgan fingerprint density at radius 2 is 1.61 bits per heavy atom. The van der Waals surface area contributed by atoms with Gasteiger partial charge in [-0.2, -0.15) is 0 Å². The lowest BCUT2D eigenvalue weighted by atomic mass is 9.55. The van der Waals surface area contributed by atoms with Gasteiger partial charge in [0, 0.05) is 11.5 Å². The van der Waals surface area contributed by atoms with Crippen molar-refractivity contribution in [3.8, 4) is 0 Å². The van der Waals surface area contributed by atoms with E-state index in [0.29, 0.717) is 0 Å². The Morgan fingerprint density at radius 1 is 1.06 bits per heavy atom. The molecule has 0 amide bonds. The summed E-state index contributed by atoms with van der Waals surface area (Å²) in [7, 11) is 0. The quantitative estimate of drug-likeness (QED) is 0.534. The van der Waals surface area contributed by atoms with Crippen LogP contribution in [0.4, 0.5) is 0 Å². The first-order valence-electron chi connectivity index (χ1n) is 7.02. The molecule has 18 heavy (non-hydrogen) atoms. The minimum Gasteiger partial charge on any atom is -0.456 e. The van der Waals surface area contributed by atoms with Crippen LogP contribution in [0.25, 0.3) is 0 Å². The van der Waals surface area contributed by atoms with E-state index in [2.05, 4.69) is 41.2 Å². The molecule has 104 valence electrons. The first kappa shape index (κ1) is 15.3. The Balaban J connectivity index is 3.10. The van der Waals surface area contributed by atoms with E-state index in [4.69, 9.17) is 4.74 Å².